The van der Waals surface area contributed by atoms with Crippen molar-refractivity contribution in [3.63, 3.8) is 0 Å². The highest BCUT2D eigenvalue weighted by molar-refractivity contribution is 7.66. The van der Waals surface area contributed by atoms with Crippen molar-refractivity contribution in [2.24, 2.45) is 0 Å². The van der Waals surface area contributed by atoms with Gasteiger partial charge in [0.25, 0.3) is 0 Å². The molecule has 0 bridgehead atoms. The number of rotatable bonds is 9. The van der Waals surface area contributed by atoms with Gasteiger partial charge in [-0.15, -0.1) is 0 Å². The molecule has 178 valence electrons. The van der Waals surface area contributed by atoms with Gasteiger partial charge in [-0.3, -0.25) is 9.09 Å². The third kappa shape index (κ3) is 6.95. The molecule has 0 amide bonds. The van der Waals surface area contributed by atoms with Crippen LogP contribution in [0.5, 0.6) is 0 Å². The average Bonchev–Trinajstić information content (AvgIpc) is 2.85. The van der Waals surface area contributed by atoms with Gasteiger partial charge in [-0.25, -0.2) is 18.5 Å². The summed E-state index contributed by atoms with van der Waals surface area (Å²) < 4.78 is 50.8. The Hall–Kier alpha value is -1.07. The summed E-state index contributed by atoms with van der Waals surface area (Å²) in [5.41, 5.74) is 4.40. The van der Waals surface area contributed by atoms with Crippen LogP contribution in [0.25, 0.3) is 0 Å². The maximum atomic E-state index is 12.0. The summed E-state index contributed by atoms with van der Waals surface area (Å²) in [5.74, 6) is -0.291. The number of phosphoric acid groups is 3. The number of nitrogens with two attached hydrogens (primary N) is 1. The molecule has 1 aliphatic rings. The van der Waals surface area contributed by atoms with Crippen molar-refractivity contribution < 1.29 is 66.5 Å². The topological polar surface area (TPSA) is 291 Å². The van der Waals surface area contributed by atoms with E-state index in [9.17, 15) is 38.7 Å². The first kappa shape index (κ1) is 26.2. The van der Waals surface area contributed by atoms with Gasteiger partial charge < -0.3 is 45.4 Å². The van der Waals surface area contributed by atoms with E-state index in [1.807, 2.05) is 0 Å². The largest absolute Gasteiger partial charge is 0.490 e. The molecule has 1 aromatic heterocycles. The number of nitrogens with zero attached hydrogens (tertiary/aromatic N) is 2. The highest BCUT2D eigenvalue weighted by Crippen LogP contribution is 2.66. The van der Waals surface area contributed by atoms with Crippen LogP contribution in [-0.2, 0) is 38.2 Å². The molecular weight excluding hydrogens is 495 g/mol. The zero-order valence-corrected chi connectivity index (χ0v) is 17.7. The Balaban J connectivity index is 2.11. The van der Waals surface area contributed by atoms with E-state index in [1.54, 1.807) is 0 Å². The van der Waals surface area contributed by atoms with Gasteiger partial charge in [0.1, 0.15) is 24.1 Å². The van der Waals surface area contributed by atoms with Gasteiger partial charge in [0.2, 0.25) is 0 Å². The van der Waals surface area contributed by atoms with Crippen molar-refractivity contribution in [2.45, 2.75) is 31.1 Å². The lowest BCUT2D eigenvalue weighted by atomic mass is 10.1. The monoisotopic (exact) mass is 513 g/mol. The zero-order chi connectivity index (χ0) is 23.8. The maximum Gasteiger partial charge on any atom is 0.490 e. The number of phosphoric ester groups is 1. The minimum Gasteiger partial charge on any atom is -0.391 e. The second kappa shape index (κ2) is 9.43. The summed E-state index contributed by atoms with van der Waals surface area (Å²) in [6.45, 7) is -1.69. The molecule has 31 heavy (non-hydrogen) atoms. The Morgan fingerprint density at radius 3 is 2.26 bits per heavy atom. The second-order valence-corrected chi connectivity index (χ2v) is 10.4. The number of aromatic nitrogens is 2. The van der Waals surface area contributed by atoms with Crippen molar-refractivity contribution in [3.8, 4) is 0 Å². The molecule has 0 aliphatic carbocycles. The van der Waals surface area contributed by atoms with Crippen LogP contribution in [0, 0.1) is 0 Å². The Morgan fingerprint density at radius 1 is 1.10 bits per heavy atom. The van der Waals surface area contributed by atoms with Gasteiger partial charge in [-0.1, -0.05) is 0 Å². The zero-order valence-electron chi connectivity index (χ0n) is 15.0. The van der Waals surface area contributed by atoms with Crippen LogP contribution in [0.1, 0.15) is 11.8 Å². The first-order chi connectivity index (χ1) is 14.1. The summed E-state index contributed by atoms with van der Waals surface area (Å²) in [5, 5.41) is 29.4. The van der Waals surface area contributed by atoms with E-state index in [0.29, 0.717) is 4.57 Å². The minimum atomic E-state index is -5.75. The van der Waals surface area contributed by atoms with Crippen molar-refractivity contribution in [2.75, 3.05) is 12.3 Å². The third-order valence-electron chi connectivity index (χ3n) is 3.66. The fourth-order valence-corrected chi connectivity index (χ4v) is 5.42. The van der Waals surface area contributed by atoms with E-state index < -0.39 is 66.9 Å². The Kier molecular flexibility index (Phi) is 7.96. The average molecular weight is 513 g/mol. The highest BCUT2D eigenvalue weighted by Gasteiger charge is 2.46. The number of nitrogen functional groups attached to an aromatic ring is 1. The second-order valence-electron chi connectivity index (χ2n) is 5.93. The first-order valence-electron chi connectivity index (χ1n) is 7.83. The summed E-state index contributed by atoms with van der Waals surface area (Å²) in [4.78, 5) is 50.8. The number of hydrogen-bond acceptors (Lipinski definition) is 13. The molecule has 9 N–H and O–H groups in total. The van der Waals surface area contributed by atoms with Crippen molar-refractivity contribution in [1.29, 1.82) is 0 Å². The van der Waals surface area contributed by atoms with Crippen LogP contribution in [0.15, 0.2) is 11.0 Å². The van der Waals surface area contributed by atoms with Gasteiger partial charge in [0.05, 0.1) is 13.2 Å². The Morgan fingerprint density at radius 2 is 1.71 bits per heavy atom. The molecule has 1 aliphatic heterocycles. The molecule has 18 nitrogen and oxygen atoms in total. The molecule has 0 saturated carbocycles. The van der Waals surface area contributed by atoms with E-state index in [4.69, 9.17) is 25.2 Å². The SMILES string of the molecule is Nc1nc(=O)n([C@@H]2O[C@H](COP(=O)(O)OP(=O)(O)OP(=O)(O)O)C(O)C2O)cc1CO. The fourth-order valence-electron chi connectivity index (χ4n) is 2.39. The quantitative estimate of drug-likeness (QED) is 0.156. The molecule has 4 unspecified atom stereocenters. The Labute approximate surface area is 171 Å². The molecule has 1 saturated heterocycles. The van der Waals surface area contributed by atoms with Crippen molar-refractivity contribution in [1.82, 2.24) is 9.55 Å². The van der Waals surface area contributed by atoms with E-state index >= 15 is 0 Å². The lowest BCUT2D eigenvalue weighted by molar-refractivity contribution is -0.0543. The summed E-state index contributed by atoms with van der Waals surface area (Å²) in [7, 11) is -16.8. The van der Waals surface area contributed by atoms with Crippen LogP contribution >= 0.6 is 23.5 Å². The van der Waals surface area contributed by atoms with Gasteiger partial charge >= 0.3 is 29.2 Å². The maximum absolute atomic E-state index is 12.0. The molecule has 2 heterocycles. The minimum absolute atomic E-state index is 0.0124. The molecular formula is C10H18N3O15P3. The van der Waals surface area contributed by atoms with Crippen LogP contribution in [-0.4, -0.2) is 69.4 Å². The van der Waals surface area contributed by atoms with E-state index in [-0.39, 0.29) is 11.4 Å². The fraction of sp³-hybridized carbons (Fsp3) is 0.600. The van der Waals surface area contributed by atoms with Crippen LogP contribution < -0.4 is 11.4 Å². The molecule has 0 aromatic carbocycles. The van der Waals surface area contributed by atoms with Gasteiger partial charge in [-0.2, -0.15) is 13.6 Å². The molecule has 6 atom stereocenters. The summed E-state index contributed by atoms with van der Waals surface area (Å²) >= 11 is 0. The van der Waals surface area contributed by atoms with Gasteiger partial charge in [0.15, 0.2) is 6.23 Å². The third-order valence-corrected chi connectivity index (χ3v) is 7.46. The molecule has 21 heteroatoms. The number of aliphatic hydroxyl groups excluding tert-OH is 3. The number of anilines is 1. The number of aliphatic hydroxyl groups is 3. The molecule has 2 rings (SSSR count). The molecule has 1 aromatic rings. The van der Waals surface area contributed by atoms with Gasteiger partial charge in [0, 0.05) is 11.8 Å². The van der Waals surface area contributed by atoms with Crippen LogP contribution in [0.3, 0.4) is 0 Å². The molecule has 1 fully saturated rings. The van der Waals surface area contributed by atoms with E-state index in [2.05, 4.69) is 18.1 Å². The van der Waals surface area contributed by atoms with Crippen molar-refractivity contribution in [3.05, 3.63) is 22.2 Å². The van der Waals surface area contributed by atoms with E-state index in [0.717, 1.165) is 6.20 Å². The predicted octanol–water partition coefficient (Wildman–Crippen LogP) is -2.72. The van der Waals surface area contributed by atoms with Crippen molar-refractivity contribution >= 4 is 29.3 Å². The lowest BCUT2D eigenvalue weighted by Gasteiger charge is -2.19. The lowest BCUT2D eigenvalue weighted by Crippen LogP contribution is -2.36. The Bertz CT molecular complexity index is 1010. The van der Waals surface area contributed by atoms with Gasteiger partial charge in [-0.05, 0) is 0 Å². The smallest absolute Gasteiger partial charge is 0.391 e. The highest BCUT2D eigenvalue weighted by atomic mass is 31.3. The summed E-state index contributed by atoms with van der Waals surface area (Å²) in [6.07, 6.45) is -5.83. The standard InChI is InChI=1S/C10H18N3O15P3/c11-8-4(2-14)1-13(10(17)12-8)9-7(16)6(15)5(26-9)3-25-30(21,22)28-31(23,24)27-29(18,19)20/h1,5-7,9,14-16H,2-3H2,(H,21,22)(H,23,24)(H2,11,12,17)(H2,18,19,20)/t5-,6?,7?,9-/m1/s1. The van der Waals surface area contributed by atoms with Crippen LogP contribution in [0.2, 0.25) is 0 Å². The first-order valence-corrected chi connectivity index (χ1v) is 12.4. The van der Waals surface area contributed by atoms with E-state index in [1.165, 1.54) is 0 Å². The molecule has 0 radical (unpaired) electrons. The van der Waals surface area contributed by atoms with Crippen LogP contribution in [0.4, 0.5) is 5.82 Å². The predicted molar refractivity (Wildman–Crippen MR) is 94.6 cm³/mol. The molecule has 0 spiro atoms. The summed E-state index contributed by atoms with van der Waals surface area (Å²) in [6, 6.07) is 0. The number of hydrogen-bond donors (Lipinski definition) is 8. The normalized spacial score (nSPS) is 28.2. The number of ether oxygens (including phenoxy) is 1.